The Morgan fingerprint density at radius 3 is 2.90 bits per heavy atom. The molecule has 0 unspecified atom stereocenters. The molecule has 0 fully saturated rings. The minimum atomic E-state index is 0.213. The Kier molecular flexibility index (Phi) is 1.87. The van der Waals surface area contributed by atoms with Crippen LogP contribution in [0.3, 0.4) is 0 Å². The van der Waals surface area contributed by atoms with Crippen LogP contribution in [0.4, 0.5) is 0 Å². The number of aryl methyl sites for hydroxylation is 1. The van der Waals surface area contributed by atoms with Gasteiger partial charge in [-0.25, -0.2) is 0 Å². The third kappa shape index (κ3) is 1.09. The van der Waals surface area contributed by atoms with Crippen LogP contribution in [0.5, 0.6) is 5.75 Å². The third-order valence-electron chi connectivity index (χ3n) is 1.40. The highest BCUT2D eigenvalue weighted by atomic mass is 16.3. The molecular weight excluding hydrogens is 128 g/mol. The summed E-state index contributed by atoms with van der Waals surface area (Å²) in [4.78, 5) is 3.88. The van der Waals surface area contributed by atoms with Crippen LogP contribution < -0.4 is 5.73 Å². The Morgan fingerprint density at radius 1 is 1.70 bits per heavy atom. The van der Waals surface area contributed by atoms with Crippen LogP contribution in [0, 0.1) is 6.92 Å². The van der Waals surface area contributed by atoms with Gasteiger partial charge in [-0.3, -0.25) is 4.98 Å². The van der Waals surface area contributed by atoms with Gasteiger partial charge in [-0.15, -0.1) is 0 Å². The zero-order chi connectivity index (χ0) is 7.56. The van der Waals surface area contributed by atoms with Crippen LogP contribution in [0.15, 0.2) is 12.3 Å². The van der Waals surface area contributed by atoms with Gasteiger partial charge in [0.25, 0.3) is 0 Å². The van der Waals surface area contributed by atoms with Gasteiger partial charge < -0.3 is 10.8 Å². The summed E-state index contributed by atoms with van der Waals surface area (Å²) in [5, 5.41) is 9.26. The minimum absolute atomic E-state index is 0.213. The van der Waals surface area contributed by atoms with Crippen molar-refractivity contribution in [3.63, 3.8) is 0 Å². The molecule has 0 aliphatic heterocycles. The van der Waals surface area contributed by atoms with Crippen molar-refractivity contribution in [2.45, 2.75) is 13.5 Å². The second kappa shape index (κ2) is 2.66. The topological polar surface area (TPSA) is 59.1 Å². The molecule has 1 aromatic heterocycles. The lowest BCUT2D eigenvalue weighted by Gasteiger charge is -2.01. The van der Waals surface area contributed by atoms with Crippen LogP contribution >= 0.6 is 0 Å². The molecule has 0 bridgehead atoms. The maximum Gasteiger partial charge on any atom is 0.141 e. The van der Waals surface area contributed by atoms with Gasteiger partial charge in [0.1, 0.15) is 5.75 Å². The monoisotopic (exact) mass is 138 g/mol. The second-order valence-corrected chi connectivity index (χ2v) is 2.13. The second-order valence-electron chi connectivity index (χ2n) is 2.13. The smallest absolute Gasteiger partial charge is 0.141 e. The first kappa shape index (κ1) is 7.02. The van der Waals surface area contributed by atoms with Crippen molar-refractivity contribution in [2.24, 2.45) is 5.73 Å². The van der Waals surface area contributed by atoms with Gasteiger partial charge in [0.2, 0.25) is 0 Å². The molecule has 0 radical (unpaired) electrons. The fourth-order valence-corrected chi connectivity index (χ4v) is 0.756. The Hall–Kier alpha value is -1.09. The Balaban J connectivity index is 3.14. The number of nitrogens with zero attached hydrogens (tertiary/aromatic N) is 1. The number of hydrogen-bond donors (Lipinski definition) is 2. The third-order valence-corrected chi connectivity index (χ3v) is 1.40. The highest BCUT2D eigenvalue weighted by Crippen LogP contribution is 2.17. The molecule has 0 saturated heterocycles. The van der Waals surface area contributed by atoms with E-state index in [-0.39, 0.29) is 12.3 Å². The van der Waals surface area contributed by atoms with Crippen molar-refractivity contribution in [2.75, 3.05) is 0 Å². The first-order valence-corrected chi connectivity index (χ1v) is 3.09. The summed E-state index contributed by atoms with van der Waals surface area (Å²) in [5.41, 5.74) is 6.67. The summed E-state index contributed by atoms with van der Waals surface area (Å²) >= 11 is 0. The molecule has 0 atom stereocenters. The fourth-order valence-electron chi connectivity index (χ4n) is 0.756. The van der Waals surface area contributed by atoms with E-state index in [2.05, 4.69) is 4.98 Å². The molecule has 0 aromatic carbocycles. The Bertz CT molecular complexity index is 235. The molecule has 3 nitrogen and oxygen atoms in total. The largest absolute Gasteiger partial charge is 0.506 e. The first-order valence-electron chi connectivity index (χ1n) is 3.09. The number of rotatable bonds is 1. The number of aromatic hydroxyl groups is 1. The van der Waals surface area contributed by atoms with E-state index in [0.717, 1.165) is 5.56 Å². The van der Waals surface area contributed by atoms with Crippen molar-refractivity contribution in [1.29, 1.82) is 0 Å². The van der Waals surface area contributed by atoms with Crippen molar-refractivity contribution in [3.8, 4) is 5.75 Å². The number of nitrogens with two attached hydrogens (primary N) is 1. The van der Waals surface area contributed by atoms with Crippen LogP contribution in [-0.4, -0.2) is 10.1 Å². The van der Waals surface area contributed by atoms with Gasteiger partial charge in [-0.2, -0.15) is 0 Å². The van der Waals surface area contributed by atoms with Gasteiger partial charge in [-0.1, -0.05) is 0 Å². The lowest BCUT2D eigenvalue weighted by atomic mass is 10.2. The van der Waals surface area contributed by atoms with Crippen molar-refractivity contribution < 1.29 is 5.11 Å². The van der Waals surface area contributed by atoms with Crippen LogP contribution in [0.2, 0.25) is 0 Å². The summed E-state index contributed by atoms with van der Waals surface area (Å²) in [6, 6.07) is 1.74. The zero-order valence-corrected chi connectivity index (χ0v) is 5.83. The van der Waals surface area contributed by atoms with E-state index in [1.165, 1.54) is 0 Å². The average Bonchev–Trinajstić information content (AvgIpc) is 1.95. The summed E-state index contributed by atoms with van der Waals surface area (Å²) in [5.74, 6) is 0.213. The normalized spacial score (nSPS) is 9.80. The lowest BCUT2D eigenvalue weighted by molar-refractivity contribution is 0.460. The highest BCUT2D eigenvalue weighted by molar-refractivity contribution is 5.33. The highest BCUT2D eigenvalue weighted by Gasteiger charge is 2.00. The van der Waals surface area contributed by atoms with Gasteiger partial charge in [0.15, 0.2) is 0 Å². The maximum absolute atomic E-state index is 9.26. The molecule has 3 heteroatoms. The molecule has 0 amide bonds. The van der Waals surface area contributed by atoms with Crippen molar-refractivity contribution in [3.05, 3.63) is 23.5 Å². The summed E-state index contributed by atoms with van der Waals surface area (Å²) in [7, 11) is 0. The molecule has 1 heterocycles. The van der Waals surface area contributed by atoms with Crippen molar-refractivity contribution >= 4 is 0 Å². The number of pyridine rings is 1. The van der Waals surface area contributed by atoms with E-state index in [9.17, 15) is 5.11 Å². The summed E-state index contributed by atoms with van der Waals surface area (Å²) < 4.78 is 0. The first-order chi connectivity index (χ1) is 4.75. The molecule has 0 aliphatic carbocycles. The molecule has 54 valence electrons. The van der Waals surface area contributed by atoms with Gasteiger partial charge in [-0.05, 0) is 18.6 Å². The van der Waals surface area contributed by atoms with E-state index in [1.54, 1.807) is 12.3 Å². The van der Waals surface area contributed by atoms with Gasteiger partial charge >= 0.3 is 0 Å². The molecule has 1 rings (SSSR count). The maximum atomic E-state index is 9.26. The van der Waals surface area contributed by atoms with E-state index >= 15 is 0 Å². The zero-order valence-electron chi connectivity index (χ0n) is 5.83. The summed E-state index contributed by atoms with van der Waals surface area (Å²) in [6.07, 6.45) is 1.64. The predicted molar refractivity (Wildman–Crippen MR) is 38.5 cm³/mol. The van der Waals surface area contributed by atoms with E-state index < -0.39 is 0 Å². The Labute approximate surface area is 59.5 Å². The van der Waals surface area contributed by atoms with Crippen LogP contribution in [0.25, 0.3) is 0 Å². The lowest BCUT2D eigenvalue weighted by Crippen LogP contribution is -1.99. The van der Waals surface area contributed by atoms with E-state index in [4.69, 9.17) is 5.73 Å². The molecule has 1 aromatic rings. The van der Waals surface area contributed by atoms with E-state index in [1.807, 2.05) is 6.92 Å². The summed E-state index contributed by atoms with van der Waals surface area (Å²) in [6.45, 7) is 2.10. The molecular formula is C7H10N2O. The molecule has 3 N–H and O–H groups in total. The molecule has 0 spiro atoms. The van der Waals surface area contributed by atoms with Crippen molar-refractivity contribution in [1.82, 2.24) is 4.98 Å². The minimum Gasteiger partial charge on any atom is -0.506 e. The van der Waals surface area contributed by atoms with Crippen LogP contribution in [0.1, 0.15) is 11.3 Å². The Morgan fingerprint density at radius 2 is 2.40 bits per heavy atom. The standard InChI is InChI=1S/C7H10N2O/c1-5-2-3-9-6(4-8)7(5)10/h2-3,10H,4,8H2,1H3. The van der Waals surface area contributed by atoms with E-state index in [0.29, 0.717) is 5.69 Å². The van der Waals surface area contributed by atoms with Crippen LogP contribution in [-0.2, 0) is 6.54 Å². The quantitative estimate of drug-likeness (QED) is 0.596. The van der Waals surface area contributed by atoms with Gasteiger partial charge in [0, 0.05) is 12.7 Å². The predicted octanol–water partition coefficient (Wildman–Crippen LogP) is 0.554. The van der Waals surface area contributed by atoms with Gasteiger partial charge in [0.05, 0.1) is 5.69 Å². The number of hydrogen-bond acceptors (Lipinski definition) is 3. The molecule has 10 heavy (non-hydrogen) atoms. The molecule has 0 saturated carbocycles. The number of aromatic nitrogens is 1. The fraction of sp³-hybridized carbons (Fsp3) is 0.286. The molecule has 0 aliphatic rings. The average molecular weight is 138 g/mol. The SMILES string of the molecule is Cc1ccnc(CN)c1O.